The molecule has 0 atom stereocenters. The molecule has 2 aromatic rings. The van der Waals surface area contributed by atoms with Gasteiger partial charge in [0.15, 0.2) is 13.6 Å². The van der Waals surface area contributed by atoms with E-state index in [1.165, 1.54) is 5.56 Å². The Morgan fingerprint density at radius 1 is 0.792 bits per heavy atom. The fraction of sp³-hybridized carbons (Fsp3) is 0.368. The SMILES string of the molecule is COCOc1cc(CCc2ccccc2)cc(OCOC)c1CO. The van der Waals surface area contributed by atoms with Gasteiger partial charge in [-0.1, -0.05) is 30.3 Å². The topological polar surface area (TPSA) is 57.2 Å². The molecule has 1 N–H and O–H groups in total. The van der Waals surface area contributed by atoms with E-state index in [0.717, 1.165) is 18.4 Å². The van der Waals surface area contributed by atoms with Crippen LogP contribution in [0.5, 0.6) is 11.5 Å². The van der Waals surface area contributed by atoms with Crippen LogP contribution in [0.3, 0.4) is 0 Å². The molecular formula is C19H24O5. The first-order valence-corrected chi connectivity index (χ1v) is 7.82. The van der Waals surface area contributed by atoms with Crippen molar-refractivity contribution in [2.24, 2.45) is 0 Å². The highest BCUT2D eigenvalue weighted by Crippen LogP contribution is 2.31. The summed E-state index contributed by atoms with van der Waals surface area (Å²) in [4.78, 5) is 0. The van der Waals surface area contributed by atoms with E-state index < -0.39 is 0 Å². The molecule has 0 amide bonds. The summed E-state index contributed by atoms with van der Waals surface area (Å²) in [6, 6.07) is 14.1. The van der Waals surface area contributed by atoms with Gasteiger partial charge in [-0.15, -0.1) is 0 Å². The lowest BCUT2D eigenvalue weighted by atomic mass is 10.0. The molecule has 5 nitrogen and oxygen atoms in total. The summed E-state index contributed by atoms with van der Waals surface area (Å²) in [6.45, 7) is 0.0365. The Balaban J connectivity index is 2.21. The highest BCUT2D eigenvalue weighted by Gasteiger charge is 2.13. The lowest BCUT2D eigenvalue weighted by Crippen LogP contribution is -2.07. The van der Waals surface area contributed by atoms with E-state index in [1.54, 1.807) is 14.2 Å². The van der Waals surface area contributed by atoms with Gasteiger partial charge in [0.2, 0.25) is 0 Å². The highest BCUT2D eigenvalue weighted by atomic mass is 16.7. The van der Waals surface area contributed by atoms with Crippen LogP contribution in [0.15, 0.2) is 42.5 Å². The van der Waals surface area contributed by atoms with Gasteiger partial charge in [0.25, 0.3) is 0 Å². The van der Waals surface area contributed by atoms with Gasteiger partial charge < -0.3 is 24.1 Å². The zero-order chi connectivity index (χ0) is 17.2. The highest BCUT2D eigenvalue weighted by molar-refractivity contribution is 5.48. The zero-order valence-corrected chi connectivity index (χ0v) is 14.2. The van der Waals surface area contributed by atoms with Crippen molar-refractivity contribution in [1.29, 1.82) is 0 Å². The molecule has 0 saturated carbocycles. The average molecular weight is 332 g/mol. The van der Waals surface area contributed by atoms with Crippen LogP contribution in [-0.4, -0.2) is 32.9 Å². The van der Waals surface area contributed by atoms with Crippen LogP contribution in [-0.2, 0) is 28.9 Å². The Morgan fingerprint density at radius 2 is 1.33 bits per heavy atom. The van der Waals surface area contributed by atoms with Crippen molar-refractivity contribution in [1.82, 2.24) is 0 Å². The fourth-order valence-electron chi connectivity index (χ4n) is 2.41. The van der Waals surface area contributed by atoms with Crippen LogP contribution in [0.1, 0.15) is 16.7 Å². The summed E-state index contributed by atoms with van der Waals surface area (Å²) < 4.78 is 21.1. The quantitative estimate of drug-likeness (QED) is 0.678. The number of hydrogen-bond acceptors (Lipinski definition) is 5. The Bertz CT molecular complexity index is 583. The molecule has 0 aliphatic heterocycles. The first-order valence-electron chi connectivity index (χ1n) is 7.82. The van der Waals surface area contributed by atoms with Gasteiger partial charge in [0.1, 0.15) is 11.5 Å². The molecule has 0 aliphatic carbocycles. The second kappa shape index (κ2) is 9.93. The van der Waals surface area contributed by atoms with Crippen LogP contribution < -0.4 is 9.47 Å². The molecule has 2 aromatic carbocycles. The molecular weight excluding hydrogens is 308 g/mol. The van der Waals surface area contributed by atoms with Crippen molar-refractivity contribution in [3.05, 3.63) is 59.2 Å². The molecule has 0 saturated heterocycles. The maximum Gasteiger partial charge on any atom is 0.188 e. The zero-order valence-electron chi connectivity index (χ0n) is 14.2. The van der Waals surface area contributed by atoms with E-state index in [-0.39, 0.29) is 20.2 Å². The average Bonchev–Trinajstić information content (AvgIpc) is 2.63. The molecule has 0 radical (unpaired) electrons. The van der Waals surface area contributed by atoms with E-state index in [4.69, 9.17) is 18.9 Å². The first-order chi connectivity index (χ1) is 11.8. The number of ether oxygens (including phenoxy) is 4. The van der Waals surface area contributed by atoms with Crippen LogP contribution in [0.25, 0.3) is 0 Å². The van der Waals surface area contributed by atoms with Gasteiger partial charge in [-0.2, -0.15) is 0 Å². The molecule has 0 unspecified atom stereocenters. The molecule has 24 heavy (non-hydrogen) atoms. The van der Waals surface area contributed by atoms with Crippen molar-refractivity contribution >= 4 is 0 Å². The summed E-state index contributed by atoms with van der Waals surface area (Å²) in [5, 5.41) is 9.66. The molecule has 5 heteroatoms. The van der Waals surface area contributed by atoms with Crippen molar-refractivity contribution in [2.75, 3.05) is 27.8 Å². The summed E-state index contributed by atoms with van der Waals surface area (Å²) in [5.41, 5.74) is 2.92. The number of aryl methyl sites for hydroxylation is 2. The van der Waals surface area contributed by atoms with Crippen molar-refractivity contribution in [2.45, 2.75) is 19.4 Å². The molecule has 0 spiro atoms. The molecule has 0 heterocycles. The number of benzene rings is 2. The minimum Gasteiger partial charge on any atom is -0.467 e. The van der Waals surface area contributed by atoms with Crippen molar-refractivity contribution in [3.63, 3.8) is 0 Å². The van der Waals surface area contributed by atoms with Gasteiger partial charge in [-0.25, -0.2) is 0 Å². The van der Waals surface area contributed by atoms with Gasteiger partial charge in [-0.05, 0) is 36.1 Å². The van der Waals surface area contributed by atoms with Gasteiger partial charge in [0.05, 0.1) is 12.2 Å². The molecule has 2 rings (SSSR count). The predicted molar refractivity (Wildman–Crippen MR) is 91.2 cm³/mol. The molecule has 0 aromatic heterocycles. The third-order valence-electron chi connectivity index (χ3n) is 3.60. The Hall–Kier alpha value is -2.08. The van der Waals surface area contributed by atoms with Crippen LogP contribution in [0.4, 0.5) is 0 Å². The molecule has 0 bridgehead atoms. The van der Waals surface area contributed by atoms with Crippen molar-refractivity contribution in [3.8, 4) is 11.5 Å². The van der Waals surface area contributed by atoms with E-state index in [1.807, 2.05) is 30.3 Å². The maximum absolute atomic E-state index is 9.66. The molecule has 130 valence electrons. The summed E-state index contributed by atoms with van der Waals surface area (Å²) in [6.07, 6.45) is 1.75. The first kappa shape index (κ1) is 18.3. The van der Waals surface area contributed by atoms with Crippen LogP contribution in [0.2, 0.25) is 0 Å². The van der Waals surface area contributed by atoms with Gasteiger partial charge >= 0.3 is 0 Å². The Morgan fingerprint density at radius 3 is 1.83 bits per heavy atom. The van der Waals surface area contributed by atoms with E-state index in [0.29, 0.717) is 17.1 Å². The smallest absolute Gasteiger partial charge is 0.188 e. The number of aliphatic hydroxyl groups excluding tert-OH is 1. The third kappa shape index (κ3) is 5.23. The van der Waals surface area contributed by atoms with Gasteiger partial charge in [0, 0.05) is 14.2 Å². The van der Waals surface area contributed by atoms with E-state index in [9.17, 15) is 5.11 Å². The standard InChI is InChI=1S/C19H24O5/c1-21-13-23-18-10-16(9-8-15-6-4-3-5-7-15)11-19(17(18)12-20)24-14-22-2/h3-7,10-11,20H,8-9,12-14H2,1-2H3. The third-order valence-corrected chi connectivity index (χ3v) is 3.60. The molecule has 0 aliphatic rings. The second-order valence-corrected chi connectivity index (χ2v) is 5.32. The second-order valence-electron chi connectivity index (χ2n) is 5.32. The van der Waals surface area contributed by atoms with E-state index in [2.05, 4.69) is 12.1 Å². The summed E-state index contributed by atoms with van der Waals surface area (Å²) in [7, 11) is 3.11. The van der Waals surface area contributed by atoms with Crippen LogP contribution >= 0.6 is 0 Å². The monoisotopic (exact) mass is 332 g/mol. The number of hydrogen-bond donors (Lipinski definition) is 1. The Labute approximate surface area is 142 Å². The minimum atomic E-state index is -0.183. The lowest BCUT2D eigenvalue weighted by molar-refractivity contribution is 0.0428. The maximum atomic E-state index is 9.66. The number of methoxy groups -OCH3 is 2. The molecule has 0 fully saturated rings. The number of rotatable bonds is 10. The fourth-order valence-corrected chi connectivity index (χ4v) is 2.41. The minimum absolute atomic E-state index is 0.110. The van der Waals surface area contributed by atoms with Crippen molar-refractivity contribution < 1.29 is 24.1 Å². The number of aliphatic hydroxyl groups is 1. The van der Waals surface area contributed by atoms with E-state index >= 15 is 0 Å². The predicted octanol–water partition coefficient (Wildman–Crippen LogP) is 2.93. The Kier molecular flexibility index (Phi) is 7.55. The summed E-state index contributed by atoms with van der Waals surface area (Å²) >= 11 is 0. The summed E-state index contributed by atoms with van der Waals surface area (Å²) in [5.74, 6) is 1.13. The normalized spacial score (nSPS) is 10.6. The largest absolute Gasteiger partial charge is 0.467 e. The van der Waals surface area contributed by atoms with Crippen LogP contribution in [0, 0.1) is 0 Å². The lowest BCUT2D eigenvalue weighted by Gasteiger charge is -2.16. The van der Waals surface area contributed by atoms with Gasteiger partial charge in [-0.3, -0.25) is 0 Å².